The van der Waals surface area contributed by atoms with Gasteiger partial charge in [-0.2, -0.15) is 0 Å². The summed E-state index contributed by atoms with van der Waals surface area (Å²) >= 11 is 6.49. The standard InChI is InChI=1S/2Mg.2H2O3S2/c;;2*1-5(2,3)4/h;;2*(H2,1,2,3,4)/q2*+2;;/p-4. The maximum absolute atomic E-state index is 8.89. The maximum atomic E-state index is 8.89. The first-order valence-electron chi connectivity index (χ1n) is 1.33. The van der Waals surface area contributed by atoms with Crippen molar-refractivity contribution >= 4 is 86.6 Å². The van der Waals surface area contributed by atoms with Crippen molar-refractivity contribution in [2.75, 3.05) is 0 Å². The van der Waals surface area contributed by atoms with Gasteiger partial charge in [-0.1, -0.05) is 0 Å². The molecule has 0 unspecified atom stereocenters. The Balaban J connectivity index is -0.0000000457. The van der Waals surface area contributed by atoms with Crippen molar-refractivity contribution < 1.29 is 26.6 Å². The molecule has 0 fully saturated rings. The molecule has 0 saturated heterocycles. The third kappa shape index (κ3) is 335. The first-order valence-corrected chi connectivity index (χ1v) is 6.00. The van der Waals surface area contributed by atoms with Gasteiger partial charge in [-0.05, 0) is 22.4 Å². The molecule has 0 rings (SSSR count). The van der Waals surface area contributed by atoms with Crippen LogP contribution < -0.4 is 0 Å². The number of hydrogen-bond acceptors (Lipinski definition) is 8. The minimum Gasteiger partial charge on any atom is -0.780 e. The smallest absolute Gasteiger partial charge is 0.780 e. The second-order valence-corrected chi connectivity index (χ2v) is 4.90. The first kappa shape index (κ1) is 23.7. The molecule has 0 aromatic carbocycles. The number of hydrogen-bond donors (Lipinski definition) is 0. The Morgan fingerprint density at radius 3 is 0.750 bits per heavy atom. The Morgan fingerprint density at radius 2 is 0.750 bits per heavy atom. The third-order valence-corrected chi connectivity index (χ3v) is 0. The molecule has 0 heterocycles. The molecule has 0 saturated carbocycles. The van der Waals surface area contributed by atoms with E-state index in [1.165, 1.54) is 0 Å². The Kier molecular flexibility index (Phi) is 19.1. The van der Waals surface area contributed by atoms with E-state index < -0.39 is 18.1 Å². The van der Waals surface area contributed by atoms with E-state index in [9.17, 15) is 0 Å². The van der Waals surface area contributed by atoms with Gasteiger partial charge in [-0.25, -0.2) is 0 Å². The molecule has 0 aliphatic carbocycles. The molecule has 0 spiro atoms. The Bertz CT molecular complexity index is 214. The largest absolute Gasteiger partial charge is 2.00 e. The summed E-state index contributed by atoms with van der Waals surface area (Å²) in [5, 5.41) is 0. The van der Waals surface area contributed by atoms with Gasteiger partial charge in [0.05, 0.1) is 0 Å². The van der Waals surface area contributed by atoms with Crippen molar-refractivity contribution in [3.8, 4) is 0 Å². The van der Waals surface area contributed by atoms with E-state index in [4.69, 9.17) is 26.6 Å². The predicted molar refractivity (Wildman–Crippen MR) is 45.6 cm³/mol. The molecular weight excluding hydrogens is 273 g/mol. The van der Waals surface area contributed by atoms with Crippen LogP contribution in [-0.2, 0) is 40.5 Å². The van der Waals surface area contributed by atoms with E-state index in [1.807, 2.05) is 0 Å². The fourth-order valence-corrected chi connectivity index (χ4v) is 0. The van der Waals surface area contributed by atoms with Gasteiger partial charge >= 0.3 is 46.1 Å². The molecule has 12 heavy (non-hydrogen) atoms. The van der Waals surface area contributed by atoms with E-state index in [0.29, 0.717) is 0 Å². The Labute approximate surface area is 112 Å². The van der Waals surface area contributed by atoms with Gasteiger partial charge in [-0.15, -0.1) is 18.1 Å². The summed E-state index contributed by atoms with van der Waals surface area (Å²) in [6.45, 7) is 0. The molecule has 0 aromatic rings. The fraction of sp³-hybridized carbons (Fsp3) is 0. The summed E-state index contributed by atoms with van der Waals surface area (Å²) in [7, 11) is -8.67. The van der Waals surface area contributed by atoms with Crippen LogP contribution in [0.4, 0.5) is 0 Å². The quantitative estimate of drug-likeness (QED) is 0.434. The zero-order valence-corrected chi connectivity index (χ0v) is 11.6. The van der Waals surface area contributed by atoms with E-state index in [2.05, 4.69) is 22.4 Å². The van der Waals surface area contributed by atoms with Crippen molar-refractivity contribution in [2.24, 2.45) is 0 Å². The van der Waals surface area contributed by atoms with Crippen molar-refractivity contribution in [1.29, 1.82) is 0 Å². The zero-order chi connectivity index (χ0) is 9.00. The van der Waals surface area contributed by atoms with E-state index in [0.717, 1.165) is 0 Å². The summed E-state index contributed by atoms with van der Waals surface area (Å²) < 4.78 is 53.3. The van der Waals surface area contributed by atoms with Crippen LogP contribution >= 0.6 is 0 Å². The molecule has 0 aromatic heterocycles. The van der Waals surface area contributed by atoms with Gasteiger partial charge in [0.2, 0.25) is 0 Å². The SMILES string of the molecule is O=S([O-])([O-])=S.O=S([O-])([O-])=S.[Mg+2].[Mg+2]. The molecule has 64 valence electrons. The van der Waals surface area contributed by atoms with E-state index in [1.54, 1.807) is 0 Å². The molecular formula is Mg2O6S4. The molecule has 0 aliphatic rings. The van der Waals surface area contributed by atoms with Crippen LogP contribution in [0.15, 0.2) is 0 Å². The van der Waals surface area contributed by atoms with Crippen molar-refractivity contribution in [1.82, 2.24) is 0 Å². The average molecular weight is 273 g/mol. The summed E-state index contributed by atoms with van der Waals surface area (Å²) in [4.78, 5) is 0. The third-order valence-electron chi connectivity index (χ3n) is 0. The van der Waals surface area contributed by atoms with Gasteiger partial charge in [0.15, 0.2) is 0 Å². The topological polar surface area (TPSA) is 126 Å². The Morgan fingerprint density at radius 1 is 0.750 bits per heavy atom. The van der Waals surface area contributed by atoms with Crippen LogP contribution in [0.1, 0.15) is 0 Å². The van der Waals surface area contributed by atoms with Gasteiger partial charge < -0.3 is 18.2 Å². The Hall–Kier alpha value is 2.11. The van der Waals surface area contributed by atoms with Crippen LogP contribution in [0.3, 0.4) is 0 Å². The maximum Gasteiger partial charge on any atom is 2.00 e. The van der Waals surface area contributed by atoms with Crippen LogP contribution in [-0.4, -0.2) is 72.7 Å². The summed E-state index contributed by atoms with van der Waals surface area (Å²) in [5.74, 6) is 0. The molecule has 0 N–H and O–H groups in total. The van der Waals surface area contributed by atoms with Gasteiger partial charge in [0.1, 0.15) is 0 Å². The minimum atomic E-state index is -4.33. The van der Waals surface area contributed by atoms with Crippen molar-refractivity contribution in [3.63, 3.8) is 0 Å². The predicted octanol–water partition coefficient (Wildman–Crippen LogP) is -2.77. The number of rotatable bonds is 0. The second-order valence-electron chi connectivity index (χ2n) is 0.816. The molecule has 0 amide bonds. The van der Waals surface area contributed by atoms with Gasteiger partial charge in [0.25, 0.3) is 0 Å². The first-order chi connectivity index (χ1) is 4.00. The summed E-state index contributed by atoms with van der Waals surface area (Å²) in [6.07, 6.45) is 0. The van der Waals surface area contributed by atoms with Crippen molar-refractivity contribution in [2.45, 2.75) is 0 Å². The molecule has 0 atom stereocenters. The zero-order valence-electron chi connectivity index (χ0n) is 5.50. The second kappa shape index (κ2) is 9.66. The monoisotopic (exact) mass is 272 g/mol. The molecule has 12 heteroatoms. The summed E-state index contributed by atoms with van der Waals surface area (Å²) in [6, 6.07) is 0. The van der Waals surface area contributed by atoms with E-state index in [-0.39, 0.29) is 46.1 Å². The average Bonchev–Trinajstić information content (AvgIpc) is 1.12. The van der Waals surface area contributed by atoms with Crippen molar-refractivity contribution in [3.05, 3.63) is 0 Å². The minimum absolute atomic E-state index is 0. The molecule has 0 radical (unpaired) electrons. The normalized spacial score (nSPS) is 9.67. The van der Waals surface area contributed by atoms with Crippen LogP contribution in [0.5, 0.6) is 0 Å². The fourth-order valence-electron chi connectivity index (χ4n) is 0. The molecule has 0 bridgehead atoms. The van der Waals surface area contributed by atoms with E-state index >= 15 is 0 Å². The van der Waals surface area contributed by atoms with Crippen LogP contribution in [0.2, 0.25) is 0 Å². The van der Waals surface area contributed by atoms with Gasteiger partial charge in [0, 0.05) is 0 Å². The van der Waals surface area contributed by atoms with Gasteiger partial charge in [-0.3, -0.25) is 8.42 Å². The summed E-state index contributed by atoms with van der Waals surface area (Å²) in [5.41, 5.74) is 0. The van der Waals surface area contributed by atoms with Crippen LogP contribution in [0.25, 0.3) is 0 Å². The molecule has 6 nitrogen and oxygen atoms in total. The van der Waals surface area contributed by atoms with Crippen LogP contribution in [0, 0.1) is 0 Å². The molecule has 0 aliphatic heterocycles.